The minimum atomic E-state index is -1.40. The van der Waals surface area contributed by atoms with E-state index in [0.717, 1.165) is 18.2 Å². The number of carboxylic acids is 1. The zero-order valence-electron chi connectivity index (χ0n) is 9.58. The summed E-state index contributed by atoms with van der Waals surface area (Å²) in [5.41, 5.74) is -1.86. The number of rotatable bonds is 3. The molecule has 2 rings (SSSR count). The number of carboxylic acid groups (broad SMARTS) is 1. The van der Waals surface area contributed by atoms with E-state index in [9.17, 15) is 19.3 Å². The maximum absolute atomic E-state index is 13.8. The first-order valence-corrected chi connectivity index (χ1v) is 5.06. The number of benzene rings is 1. The van der Waals surface area contributed by atoms with Crippen LogP contribution in [0.15, 0.2) is 22.7 Å². The molecule has 98 valence electrons. The number of carbonyl (C=O) groups is 1. The van der Waals surface area contributed by atoms with Crippen LogP contribution in [0.4, 0.5) is 10.1 Å². The number of aryl methyl sites for hydroxylation is 1. The van der Waals surface area contributed by atoms with Crippen LogP contribution < -0.4 is 0 Å². The molecule has 0 aliphatic heterocycles. The van der Waals surface area contributed by atoms with E-state index in [-0.39, 0.29) is 5.76 Å². The van der Waals surface area contributed by atoms with Gasteiger partial charge in [-0.3, -0.25) is 10.1 Å². The van der Waals surface area contributed by atoms with E-state index in [4.69, 9.17) is 5.11 Å². The number of nitro groups is 1. The van der Waals surface area contributed by atoms with Crippen LogP contribution in [0.3, 0.4) is 0 Å². The summed E-state index contributed by atoms with van der Waals surface area (Å²) >= 11 is 0. The minimum absolute atomic E-state index is 0.0555. The Kier molecular flexibility index (Phi) is 2.99. The second kappa shape index (κ2) is 4.48. The summed E-state index contributed by atoms with van der Waals surface area (Å²) in [6.07, 6.45) is 0. The van der Waals surface area contributed by atoms with E-state index >= 15 is 0 Å². The molecule has 1 aromatic heterocycles. The molecule has 1 N–H and O–H groups in total. The SMILES string of the molecule is Cc1onc(-c2c(F)cccc2[N+](=O)[O-])c1C(=O)O. The van der Waals surface area contributed by atoms with Gasteiger partial charge in [0.1, 0.15) is 28.4 Å². The van der Waals surface area contributed by atoms with Gasteiger partial charge < -0.3 is 9.63 Å². The molecule has 0 radical (unpaired) electrons. The molecule has 1 aromatic carbocycles. The van der Waals surface area contributed by atoms with Crippen molar-refractivity contribution in [2.45, 2.75) is 6.92 Å². The summed E-state index contributed by atoms with van der Waals surface area (Å²) in [5.74, 6) is -2.39. The Morgan fingerprint density at radius 1 is 1.53 bits per heavy atom. The van der Waals surface area contributed by atoms with Gasteiger partial charge in [-0.15, -0.1) is 0 Å². The molecule has 7 nitrogen and oxygen atoms in total. The van der Waals surface area contributed by atoms with Crippen molar-refractivity contribution in [3.8, 4) is 11.3 Å². The van der Waals surface area contributed by atoms with Crippen LogP contribution in [0.25, 0.3) is 11.3 Å². The third-order valence-electron chi connectivity index (χ3n) is 2.50. The first-order valence-electron chi connectivity index (χ1n) is 5.06. The van der Waals surface area contributed by atoms with Crippen LogP contribution in [-0.2, 0) is 0 Å². The van der Waals surface area contributed by atoms with Crippen molar-refractivity contribution in [3.63, 3.8) is 0 Å². The van der Waals surface area contributed by atoms with Crippen LogP contribution in [0.5, 0.6) is 0 Å². The quantitative estimate of drug-likeness (QED) is 0.675. The highest BCUT2D eigenvalue weighted by atomic mass is 19.1. The van der Waals surface area contributed by atoms with Gasteiger partial charge in [0, 0.05) is 6.07 Å². The molecular formula is C11H7FN2O5. The lowest BCUT2D eigenvalue weighted by molar-refractivity contribution is -0.384. The Morgan fingerprint density at radius 3 is 2.79 bits per heavy atom. The Morgan fingerprint density at radius 2 is 2.21 bits per heavy atom. The van der Waals surface area contributed by atoms with Crippen molar-refractivity contribution in [1.82, 2.24) is 5.16 Å². The molecule has 1 heterocycles. The van der Waals surface area contributed by atoms with Gasteiger partial charge in [-0.05, 0) is 13.0 Å². The zero-order valence-corrected chi connectivity index (χ0v) is 9.58. The van der Waals surface area contributed by atoms with E-state index in [1.807, 2.05) is 0 Å². The Balaban J connectivity index is 2.79. The van der Waals surface area contributed by atoms with Gasteiger partial charge >= 0.3 is 5.97 Å². The van der Waals surface area contributed by atoms with Crippen molar-refractivity contribution < 1.29 is 23.7 Å². The van der Waals surface area contributed by atoms with E-state index in [0.29, 0.717) is 0 Å². The van der Waals surface area contributed by atoms with Gasteiger partial charge in [0.05, 0.1) is 4.92 Å². The van der Waals surface area contributed by atoms with Crippen LogP contribution in [-0.4, -0.2) is 21.2 Å². The average Bonchev–Trinajstić information content (AvgIpc) is 2.70. The van der Waals surface area contributed by atoms with Crippen molar-refractivity contribution in [1.29, 1.82) is 0 Å². The standard InChI is InChI=1S/C11H7FN2O5/c1-5-8(11(15)16)10(13-19-5)9-6(12)3-2-4-7(9)14(17)18/h2-4H,1H3,(H,15,16). The maximum Gasteiger partial charge on any atom is 0.341 e. The molecule has 0 saturated carbocycles. The highest BCUT2D eigenvalue weighted by Crippen LogP contribution is 2.34. The normalized spacial score (nSPS) is 10.4. The summed E-state index contributed by atoms with van der Waals surface area (Å²) in [7, 11) is 0. The van der Waals surface area contributed by atoms with Gasteiger partial charge in [-0.1, -0.05) is 11.2 Å². The molecule has 19 heavy (non-hydrogen) atoms. The minimum Gasteiger partial charge on any atom is -0.477 e. The lowest BCUT2D eigenvalue weighted by Crippen LogP contribution is -2.02. The Hall–Kier alpha value is -2.77. The summed E-state index contributed by atoms with van der Waals surface area (Å²) in [5, 5.41) is 23.3. The number of aromatic nitrogens is 1. The van der Waals surface area contributed by atoms with Crippen LogP contribution in [0.1, 0.15) is 16.1 Å². The topological polar surface area (TPSA) is 106 Å². The predicted molar refractivity (Wildman–Crippen MR) is 60.2 cm³/mol. The fourth-order valence-electron chi connectivity index (χ4n) is 1.69. The van der Waals surface area contributed by atoms with Crippen molar-refractivity contribution in [2.24, 2.45) is 0 Å². The summed E-state index contributed by atoms with van der Waals surface area (Å²) in [4.78, 5) is 21.1. The number of hydrogen-bond donors (Lipinski definition) is 1. The highest BCUT2D eigenvalue weighted by molar-refractivity contribution is 5.97. The molecule has 0 fully saturated rings. The van der Waals surface area contributed by atoms with E-state index in [2.05, 4.69) is 9.68 Å². The van der Waals surface area contributed by atoms with Gasteiger partial charge in [0.25, 0.3) is 5.69 Å². The number of hydrogen-bond acceptors (Lipinski definition) is 5. The predicted octanol–water partition coefficient (Wildman–Crippen LogP) is 2.40. The molecular weight excluding hydrogens is 259 g/mol. The van der Waals surface area contributed by atoms with Crippen molar-refractivity contribution in [2.75, 3.05) is 0 Å². The molecule has 0 bridgehead atoms. The fourth-order valence-corrected chi connectivity index (χ4v) is 1.69. The van der Waals surface area contributed by atoms with Gasteiger partial charge in [0.2, 0.25) is 0 Å². The average molecular weight is 266 g/mol. The molecule has 8 heteroatoms. The smallest absolute Gasteiger partial charge is 0.341 e. The van der Waals surface area contributed by atoms with Crippen molar-refractivity contribution in [3.05, 3.63) is 45.5 Å². The summed E-state index contributed by atoms with van der Waals surface area (Å²) in [6.45, 7) is 1.33. The van der Waals surface area contributed by atoms with Crippen molar-refractivity contribution >= 4 is 11.7 Å². The van der Waals surface area contributed by atoms with Gasteiger partial charge in [-0.25, -0.2) is 9.18 Å². The van der Waals surface area contributed by atoms with E-state index < -0.39 is 39.2 Å². The van der Waals surface area contributed by atoms with Crippen LogP contribution in [0.2, 0.25) is 0 Å². The third-order valence-corrected chi connectivity index (χ3v) is 2.50. The lowest BCUT2D eigenvalue weighted by atomic mass is 10.0. The lowest BCUT2D eigenvalue weighted by Gasteiger charge is -2.02. The molecule has 0 saturated heterocycles. The second-order valence-corrected chi connectivity index (χ2v) is 3.66. The summed E-state index contributed by atoms with van der Waals surface area (Å²) in [6, 6.07) is 3.20. The second-order valence-electron chi connectivity index (χ2n) is 3.66. The number of halogens is 1. The molecule has 0 aliphatic carbocycles. The number of aromatic carboxylic acids is 1. The Bertz CT molecular complexity index is 680. The summed E-state index contributed by atoms with van der Waals surface area (Å²) < 4.78 is 18.5. The van der Waals surface area contributed by atoms with Crippen LogP contribution >= 0.6 is 0 Å². The molecule has 0 unspecified atom stereocenters. The van der Waals surface area contributed by atoms with E-state index in [1.165, 1.54) is 6.92 Å². The number of nitro benzene ring substituents is 1. The first-order chi connectivity index (χ1) is 8.93. The molecule has 0 spiro atoms. The molecule has 0 amide bonds. The van der Waals surface area contributed by atoms with Gasteiger partial charge in [-0.2, -0.15) is 0 Å². The molecule has 2 aromatic rings. The van der Waals surface area contributed by atoms with Crippen LogP contribution in [0, 0.1) is 22.9 Å². The fraction of sp³-hybridized carbons (Fsp3) is 0.0909. The van der Waals surface area contributed by atoms with E-state index in [1.54, 1.807) is 0 Å². The third kappa shape index (κ3) is 2.03. The Labute approximate surface area is 105 Å². The number of nitrogens with zero attached hydrogens (tertiary/aromatic N) is 2. The first kappa shape index (κ1) is 12.7. The molecule has 0 atom stereocenters. The zero-order chi connectivity index (χ0) is 14.2. The maximum atomic E-state index is 13.8. The highest BCUT2D eigenvalue weighted by Gasteiger charge is 2.29. The van der Waals surface area contributed by atoms with Gasteiger partial charge in [0.15, 0.2) is 0 Å². The molecule has 0 aliphatic rings. The largest absolute Gasteiger partial charge is 0.477 e. The monoisotopic (exact) mass is 266 g/mol.